The minimum absolute atomic E-state index is 0.171. The largest absolute Gasteiger partial charge is 0.489 e. The third kappa shape index (κ3) is 6.06. The van der Waals surface area contributed by atoms with E-state index in [9.17, 15) is 8.42 Å². The summed E-state index contributed by atoms with van der Waals surface area (Å²) in [6.45, 7) is 1.97. The Kier molecular flexibility index (Phi) is 6.21. The molecule has 6 heteroatoms. The van der Waals surface area contributed by atoms with Crippen molar-refractivity contribution >= 4 is 27.7 Å². The monoisotopic (exact) mass is 351 g/mol. The normalized spacial score (nSPS) is 13.1. The summed E-state index contributed by atoms with van der Waals surface area (Å²) in [5.41, 5.74) is 0.646. The zero-order valence-electron chi connectivity index (χ0n) is 12.6. The van der Waals surface area contributed by atoms with Gasteiger partial charge in [-0.15, -0.1) is 0 Å². The van der Waals surface area contributed by atoms with Gasteiger partial charge in [-0.1, -0.05) is 48.0 Å². The Morgan fingerprint density at radius 2 is 1.78 bits per heavy atom. The summed E-state index contributed by atoms with van der Waals surface area (Å²) in [6, 6.07) is 16.3. The lowest BCUT2D eigenvalue weighted by Crippen LogP contribution is -2.32. The van der Waals surface area contributed by atoms with Gasteiger partial charge >= 0.3 is 0 Å². The fourth-order valence-corrected chi connectivity index (χ4v) is 2.92. The van der Waals surface area contributed by atoms with Crippen molar-refractivity contribution in [3.63, 3.8) is 0 Å². The number of hydrogen-bond acceptors (Lipinski definition) is 3. The molecule has 1 N–H and O–H groups in total. The van der Waals surface area contributed by atoms with E-state index in [2.05, 4.69) is 4.72 Å². The van der Waals surface area contributed by atoms with Gasteiger partial charge in [-0.3, -0.25) is 0 Å². The van der Waals surface area contributed by atoms with E-state index in [4.69, 9.17) is 16.3 Å². The number of hydrogen-bond donors (Lipinski definition) is 1. The maximum absolute atomic E-state index is 12.0. The van der Waals surface area contributed by atoms with E-state index in [0.717, 1.165) is 5.41 Å². The molecule has 23 heavy (non-hydrogen) atoms. The SMILES string of the molecule is CC(CNS(=O)(=O)/C=C/c1ccccc1Cl)Oc1ccccc1. The van der Waals surface area contributed by atoms with Gasteiger partial charge in [0.25, 0.3) is 0 Å². The van der Waals surface area contributed by atoms with Crippen LogP contribution in [0.15, 0.2) is 60.0 Å². The summed E-state index contributed by atoms with van der Waals surface area (Å²) in [7, 11) is -3.55. The molecule has 0 aromatic heterocycles. The number of para-hydroxylation sites is 1. The molecule has 0 saturated carbocycles. The fourth-order valence-electron chi connectivity index (χ4n) is 1.83. The van der Waals surface area contributed by atoms with E-state index >= 15 is 0 Å². The van der Waals surface area contributed by atoms with Gasteiger partial charge in [0.1, 0.15) is 11.9 Å². The van der Waals surface area contributed by atoms with Crippen LogP contribution in [-0.4, -0.2) is 21.1 Å². The van der Waals surface area contributed by atoms with Crippen LogP contribution in [0.2, 0.25) is 5.02 Å². The lowest BCUT2D eigenvalue weighted by Gasteiger charge is -2.14. The molecular weight excluding hydrogens is 334 g/mol. The van der Waals surface area contributed by atoms with Crippen molar-refractivity contribution < 1.29 is 13.2 Å². The first-order valence-corrected chi connectivity index (χ1v) is 9.03. The molecule has 0 fully saturated rings. The number of sulfonamides is 1. The molecule has 122 valence electrons. The number of ether oxygens (including phenoxy) is 1. The van der Waals surface area contributed by atoms with Gasteiger partial charge in [0.15, 0.2) is 0 Å². The standard InChI is InChI=1S/C17H18ClNO3S/c1-14(22-16-8-3-2-4-9-16)13-19-23(20,21)12-11-15-7-5-6-10-17(15)18/h2-12,14,19H,13H2,1H3/b12-11+. The van der Waals surface area contributed by atoms with Gasteiger partial charge in [-0.25, -0.2) is 13.1 Å². The van der Waals surface area contributed by atoms with Crippen molar-refractivity contribution in [3.8, 4) is 5.75 Å². The zero-order valence-corrected chi connectivity index (χ0v) is 14.2. The van der Waals surface area contributed by atoms with Crippen LogP contribution in [0.4, 0.5) is 0 Å². The predicted octanol–water partition coefficient (Wildman–Crippen LogP) is 3.70. The maximum Gasteiger partial charge on any atom is 0.233 e. The van der Waals surface area contributed by atoms with Crippen LogP contribution in [0, 0.1) is 0 Å². The molecule has 1 unspecified atom stereocenters. The highest BCUT2D eigenvalue weighted by atomic mass is 35.5. The highest BCUT2D eigenvalue weighted by molar-refractivity contribution is 7.92. The minimum Gasteiger partial charge on any atom is -0.489 e. The maximum atomic E-state index is 12.0. The molecule has 4 nitrogen and oxygen atoms in total. The van der Waals surface area contributed by atoms with Gasteiger partial charge in [-0.05, 0) is 36.8 Å². The molecule has 2 aromatic carbocycles. The van der Waals surface area contributed by atoms with E-state index < -0.39 is 10.0 Å². The van der Waals surface area contributed by atoms with Crippen LogP contribution in [-0.2, 0) is 10.0 Å². The second-order valence-corrected chi connectivity index (χ2v) is 7.02. The average Bonchev–Trinajstić information content (AvgIpc) is 2.53. The molecule has 0 bridgehead atoms. The summed E-state index contributed by atoms with van der Waals surface area (Å²) in [6.07, 6.45) is 1.17. The predicted molar refractivity (Wildman–Crippen MR) is 93.9 cm³/mol. The lowest BCUT2D eigenvalue weighted by atomic mass is 10.2. The molecule has 0 aliphatic carbocycles. The van der Waals surface area contributed by atoms with Gasteiger partial charge < -0.3 is 4.74 Å². The van der Waals surface area contributed by atoms with Crippen LogP contribution in [0.5, 0.6) is 5.75 Å². The summed E-state index contributed by atoms with van der Waals surface area (Å²) < 4.78 is 32.1. The average molecular weight is 352 g/mol. The third-order valence-corrected chi connectivity index (χ3v) is 4.39. The summed E-state index contributed by atoms with van der Waals surface area (Å²) in [5.74, 6) is 0.700. The van der Waals surface area contributed by atoms with Gasteiger partial charge in [0.2, 0.25) is 10.0 Å². The number of rotatable bonds is 7. The molecule has 0 spiro atoms. The first-order valence-electron chi connectivity index (χ1n) is 7.10. The highest BCUT2D eigenvalue weighted by Crippen LogP contribution is 2.16. The fraction of sp³-hybridized carbons (Fsp3) is 0.176. The molecule has 2 aromatic rings. The first-order chi connectivity index (χ1) is 11.0. The number of halogens is 1. The van der Waals surface area contributed by atoms with Gasteiger partial charge in [0, 0.05) is 17.0 Å². The van der Waals surface area contributed by atoms with E-state index in [1.807, 2.05) is 30.3 Å². The molecule has 1 atom stereocenters. The van der Waals surface area contributed by atoms with Crippen molar-refractivity contribution in [2.45, 2.75) is 13.0 Å². The second-order valence-electron chi connectivity index (χ2n) is 4.96. The van der Waals surface area contributed by atoms with E-state index in [1.165, 1.54) is 6.08 Å². The smallest absolute Gasteiger partial charge is 0.233 e. The van der Waals surface area contributed by atoms with Gasteiger partial charge in [0.05, 0.1) is 0 Å². The molecule has 0 amide bonds. The van der Waals surface area contributed by atoms with Crippen molar-refractivity contribution in [2.75, 3.05) is 6.54 Å². The van der Waals surface area contributed by atoms with Gasteiger partial charge in [-0.2, -0.15) is 0 Å². The van der Waals surface area contributed by atoms with Crippen molar-refractivity contribution in [1.82, 2.24) is 4.72 Å². The topological polar surface area (TPSA) is 55.4 Å². The quantitative estimate of drug-likeness (QED) is 0.827. The van der Waals surface area contributed by atoms with E-state index in [-0.39, 0.29) is 12.6 Å². The Balaban J connectivity index is 1.90. The summed E-state index contributed by atoms with van der Waals surface area (Å²) in [4.78, 5) is 0. The van der Waals surface area contributed by atoms with Crippen molar-refractivity contribution in [1.29, 1.82) is 0 Å². The molecule has 0 heterocycles. The van der Waals surface area contributed by atoms with Crippen LogP contribution in [0.25, 0.3) is 6.08 Å². The Morgan fingerprint density at radius 1 is 1.13 bits per heavy atom. The molecule has 0 radical (unpaired) electrons. The van der Waals surface area contributed by atoms with Crippen LogP contribution in [0.1, 0.15) is 12.5 Å². The molecule has 0 aliphatic heterocycles. The Labute approximate surface area is 141 Å². The van der Waals surface area contributed by atoms with Crippen LogP contribution < -0.4 is 9.46 Å². The first kappa shape index (κ1) is 17.5. The summed E-state index contributed by atoms with van der Waals surface area (Å²) >= 11 is 5.98. The zero-order chi connectivity index (χ0) is 16.7. The third-order valence-electron chi connectivity index (χ3n) is 2.98. The van der Waals surface area contributed by atoms with E-state index in [0.29, 0.717) is 16.3 Å². The van der Waals surface area contributed by atoms with Crippen molar-refractivity contribution in [2.24, 2.45) is 0 Å². The minimum atomic E-state index is -3.55. The number of nitrogens with one attached hydrogen (secondary N) is 1. The second kappa shape index (κ2) is 8.15. The highest BCUT2D eigenvalue weighted by Gasteiger charge is 2.10. The molecule has 0 saturated heterocycles. The molecule has 0 aliphatic rings. The van der Waals surface area contributed by atoms with Crippen LogP contribution in [0.3, 0.4) is 0 Å². The molecular formula is C17H18ClNO3S. The Morgan fingerprint density at radius 3 is 2.48 bits per heavy atom. The lowest BCUT2D eigenvalue weighted by molar-refractivity contribution is 0.225. The van der Waals surface area contributed by atoms with E-state index in [1.54, 1.807) is 31.2 Å². The Hall–Kier alpha value is -1.82. The van der Waals surface area contributed by atoms with Crippen LogP contribution >= 0.6 is 11.6 Å². The Bertz CT molecular complexity index is 760. The van der Waals surface area contributed by atoms with Crippen molar-refractivity contribution in [3.05, 3.63) is 70.6 Å². The molecule has 2 rings (SSSR count). The summed E-state index contributed by atoms with van der Waals surface area (Å²) in [5, 5.41) is 1.60. The number of benzene rings is 2.